The Morgan fingerprint density at radius 3 is 1.00 bits per heavy atom. The number of ether oxygens (including phenoxy) is 14. The van der Waals surface area contributed by atoms with Gasteiger partial charge in [-0.15, -0.1) is 0 Å². The van der Waals surface area contributed by atoms with Crippen LogP contribution in [0.15, 0.2) is 30.3 Å². The summed E-state index contributed by atoms with van der Waals surface area (Å²) in [5.74, 6) is -0.689. The molecule has 0 fully saturated rings. The molecule has 54 heavy (non-hydrogen) atoms. The van der Waals surface area contributed by atoms with Gasteiger partial charge >= 0.3 is 5.97 Å². The minimum absolute atomic E-state index is 0.297. The number of rotatable bonds is 44. The molecule has 0 bridgehead atoms. The molecule has 0 aliphatic carbocycles. The number of aliphatic carboxylic acids is 1. The maximum Gasteiger partial charge on any atom is 0.329 e. The molecule has 0 unspecified atom stereocenters. The molecule has 18 heteroatoms. The number of amides is 1. The lowest BCUT2D eigenvalue weighted by atomic mass is 10.3. The molecule has 0 saturated carbocycles. The lowest BCUT2D eigenvalue weighted by molar-refractivity contribution is -0.143. The first kappa shape index (κ1) is 49.5. The highest BCUT2D eigenvalue weighted by Crippen LogP contribution is 2.07. The minimum Gasteiger partial charge on any atom is -0.491 e. The third-order valence-electron chi connectivity index (χ3n) is 6.36. The Hall–Kier alpha value is -2.56. The van der Waals surface area contributed by atoms with E-state index >= 15 is 0 Å². The van der Waals surface area contributed by atoms with Gasteiger partial charge in [-0.1, -0.05) is 18.2 Å². The molecular formula is C36H63NO17. The largest absolute Gasteiger partial charge is 0.491 e. The molecule has 0 aliphatic rings. The molecule has 314 valence electrons. The molecule has 1 rings (SSSR count). The van der Waals surface area contributed by atoms with E-state index in [9.17, 15) is 9.59 Å². The predicted molar refractivity (Wildman–Crippen MR) is 193 cm³/mol. The Bertz CT molecular complexity index is 934. The van der Waals surface area contributed by atoms with Gasteiger partial charge in [-0.2, -0.15) is 0 Å². The molecule has 1 aromatic carbocycles. The zero-order valence-electron chi connectivity index (χ0n) is 31.7. The Kier molecular flexibility index (Phi) is 38.1. The van der Waals surface area contributed by atoms with Crippen LogP contribution in [0.1, 0.15) is 0 Å². The second-order valence-corrected chi connectivity index (χ2v) is 10.7. The van der Waals surface area contributed by atoms with Crippen molar-refractivity contribution in [2.45, 2.75) is 0 Å². The average molecular weight is 782 g/mol. The number of hydrogen-bond donors (Lipinski definition) is 2. The summed E-state index contributed by atoms with van der Waals surface area (Å²) in [5.41, 5.74) is 0. The molecule has 0 atom stereocenters. The van der Waals surface area contributed by atoms with Gasteiger partial charge in [0.1, 0.15) is 25.6 Å². The van der Waals surface area contributed by atoms with Crippen molar-refractivity contribution in [3.05, 3.63) is 30.3 Å². The molecule has 0 heterocycles. The maximum absolute atomic E-state index is 11.4. The monoisotopic (exact) mass is 781 g/mol. The number of carbonyl (C=O) groups is 2. The van der Waals surface area contributed by atoms with Gasteiger partial charge in [0.15, 0.2) is 0 Å². The Morgan fingerprint density at radius 2 is 0.685 bits per heavy atom. The Balaban J connectivity index is 1.62. The molecule has 0 radical (unpaired) electrons. The van der Waals surface area contributed by atoms with Crippen molar-refractivity contribution < 1.29 is 81.0 Å². The number of carboxylic acids is 1. The number of carboxylic acid groups (broad SMARTS) is 1. The van der Waals surface area contributed by atoms with Crippen LogP contribution in [-0.4, -0.2) is 202 Å². The van der Waals surface area contributed by atoms with E-state index in [4.69, 9.17) is 66.7 Å². The summed E-state index contributed by atoms with van der Waals surface area (Å²) >= 11 is 0. The van der Waals surface area contributed by atoms with Crippen LogP contribution < -0.4 is 10.1 Å². The fourth-order valence-corrected chi connectivity index (χ4v) is 3.80. The van der Waals surface area contributed by atoms with E-state index in [0.717, 1.165) is 5.75 Å². The van der Waals surface area contributed by atoms with Crippen LogP contribution in [0.25, 0.3) is 0 Å². The SMILES string of the molecule is O=C(O)COCC(=O)NCCOCCOCCOCCOCCOCCOCCOCCOCCOCCOCCOCCOCCOc1ccccc1. The molecule has 1 amide bonds. The third kappa shape index (κ3) is 39.1. The van der Waals surface area contributed by atoms with Crippen molar-refractivity contribution in [3.8, 4) is 5.75 Å². The standard InChI is InChI=1S/C36H63NO17/c38-35(32-53-33-36(39)40)37-6-7-41-8-9-42-10-11-43-12-13-44-14-15-45-16-17-46-18-19-47-20-21-48-22-23-49-24-25-50-26-27-51-28-29-52-30-31-54-34-4-2-1-3-5-34/h1-5H,6-33H2,(H,37,38)(H,39,40). The van der Waals surface area contributed by atoms with Gasteiger partial charge in [-0.05, 0) is 12.1 Å². The number of hydrogen-bond acceptors (Lipinski definition) is 16. The van der Waals surface area contributed by atoms with Crippen LogP contribution in [0.4, 0.5) is 0 Å². The van der Waals surface area contributed by atoms with Crippen LogP contribution in [0, 0.1) is 0 Å². The van der Waals surface area contributed by atoms with Gasteiger partial charge in [-0.3, -0.25) is 4.79 Å². The molecule has 18 nitrogen and oxygen atoms in total. The van der Waals surface area contributed by atoms with Crippen molar-refractivity contribution in [2.24, 2.45) is 0 Å². The number of nitrogens with one attached hydrogen (secondary N) is 1. The Morgan fingerprint density at radius 1 is 0.389 bits per heavy atom. The first-order valence-electron chi connectivity index (χ1n) is 18.4. The molecular weight excluding hydrogens is 718 g/mol. The van der Waals surface area contributed by atoms with Crippen LogP contribution in [0.2, 0.25) is 0 Å². The highest BCUT2D eigenvalue weighted by atomic mass is 16.6. The van der Waals surface area contributed by atoms with Gasteiger partial charge in [0.2, 0.25) is 5.91 Å². The molecule has 0 aromatic heterocycles. The molecule has 0 saturated heterocycles. The van der Waals surface area contributed by atoms with Crippen LogP contribution in [0.5, 0.6) is 5.75 Å². The van der Waals surface area contributed by atoms with Crippen molar-refractivity contribution >= 4 is 11.9 Å². The Labute approximate surface area is 319 Å². The second kappa shape index (κ2) is 41.6. The first-order chi connectivity index (χ1) is 26.7. The summed E-state index contributed by atoms with van der Waals surface area (Å²) in [6, 6.07) is 9.64. The summed E-state index contributed by atoms with van der Waals surface area (Å²) in [6.45, 7) is 11.2. The van der Waals surface area contributed by atoms with E-state index in [1.165, 1.54) is 0 Å². The fraction of sp³-hybridized carbons (Fsp3) is 0.778. The van der Waals surface area contributed by atoms with E-state index in [0.29, 0.717) is 172 Å². The molecule has 2 N–H and O–H groups in total. The summed E-state index contributed by atoms with van der Waals surface area (Å²) < 4.78 is 75.7. The lowest BCUT2D eigenvalue weighted by Gasteiger charge is -2.09. The van der Waals surface area contributed by atoms with Gasteiger partial charge in [0, 0.05) is 6.54 Å². The molecule has 1 aromatic rings. The number of benzene rings is 1. The quantitative estimate of drug-likeness (QED) is 0.0868. The van der Waals surface area contributed by atoms with Gasteiger partial charge in [-0.25, -0.2) is 4.79 Å². The highest BCUT2D eigenvalue weighted by molar-refractivity contribution is 5.77. The smallest absolute Gasteiger partial charge is 0.329 e. The zero-order valence-corrected chi connectivity index (χ0v) is 31.7. The minimum atomic E-state index is -1.13. The van der Waals surface area contributed by atoms with Crippen LogP contribution in [-0.2, 0) is 71.2 Å². The fourth-order valence-electron chi connectivity index (χ4n) is 3.80. The normalized spacial score (nSPS) is 11.3. The molecule has 0 aliphatic heterocycles. The topological polar surface area (TPSA) is 196 Å². The molecule has 0 spiro atoms. The predicted octanol–water partition coefficient (Wildman–Crippen LogP) is 0.482. The second-order valence-electron chi connectivity index (χ2n) is 10.7. The lowest BCUT2D eigenvalue weighted by Crippen LogP contribution is -2.31. The van der Waals surface area contributed by atoms with Gasteiger partial charge in [0.25, 0.3) is 0 Å². The van der Waals surface area contributed by atoms with Crippen LogP contribution in [0.3, 0.4) is 0 Å². The van der Waals surface area contributed by atoms with E-state index < -0.39 is 18.5 Å². The van der Waals surface area contributed by atoms with Gasteiger partial charge in [0.05, 0.1) is 159 Å². The third-order valence-corrected chi connectivity index (χ3v) is 6.36. The van der Waals surface area contributed by atoms with Crippen LogP contribution >= 0.6 is 0 Å². The van der Waals surface area contributed by atoms with Crippen molar-refractivity contribution in [1.29, 1.82) is 0 Å². The highest BCUT2D eigenvalue weighted by Gasteiger charge is 2.03. The van der Waals surface area contributed by atoms with Crippen molar-refractivity contribution in [2.75, 3.05) is 185 Å². The van der Waals surface area contributed by atoms with E-state index in [1.807, 2.05) is 30.3 Å². The maximum atomic E-state index is 11.4. The van der Waals surface area contributed by atoms with Crippen molar-refractivity contribution in [3.63, 3.8) is 0 Å². The van der Waals surface area contributed by atoms with Gasteiger partial charge < -0.3 is 76.7 Å². The van der Waals surface area contributed by atoms with E-state index in [2.05, 4.69) is 10.1 Å². The van der Waals surface area contributed by atoms with E-state index in [-0.39, 0.29) is 6.61 Å². The average Bonchev–Trinajstić information content (AvgIpc) is 3.17. The zero-order chi connectivity index (χ0) is 38.7. The summed E-state index contributed by atoms with van der Waals surface area (Å²) in [7, 11) is 0. The van der Waals surface area contributed by atoms with E-state index in [1.54, 1.807) is 0 Å². The number of carbonyl (C=O) groups excluding carboxylic acids is 1. The number of para-hydroxylation sites is 1. The summed E-state index contributed by atoms with van der Waals surface area (Å²) in [6.07, 6.45) is 0. The summed E-state index contributed by atoms with van der Waals surface area (Å²) in [5, 5.41) is 11.0. The first-order valence-corrected chi connectivity index (χ1v) is 18.4. The van der Waals surface area contributed by atoms with Crippen molar-refractivity contribution in [1.82, 2.24) is 5.32 Å². The summed E-state index contributed by atoms with van der Waals surface area (Å²) in [4.78, 5) is 21.7.